The quantitative estimate of drug-likeness (QED) is 0.198. The standard InChI is InChI=1S/C37H43N5O4/c1-41(2)20-7-23-46-32-16-12-28(13-17-32)25-34-37(45)39-33(36(44)40-34)24-27-10-14-30(15-11-27)35(43)38-19-5-6-21-42-22-18-29-8-3-4-9-31(29)26-42/h3-4,8-17,24-25H,5-7,18-23,26H2,1-2H3,(H,38,43)(H,39,45)(H,40,44)/b33-24-,34-25-. The predicted octanol–water partition coefficient (Wildman–Crippen LogP) is 2.62. The molecular weight excluding hydrogens is 578 g/mol. The molecular formula is C37H43N5O4. The first-order valence-electron chi connectivity index (χ1n) is 15.9. The Morgan fingerprint density at radius 3 is 2.13 bits per heavy atom. The Kier molecular flexibility index (Phi) is 11.4. The number of hydrogen-bond donors (Lipinski definition) is 3. The van der Waals surface area contributed by atoms with Crippen molar-refractivity contribution in [2.45, 2.75) is 32.2 Å². The van der Waals surface area contributed by atoms with Crippen LogP contribution < -0.4 is 31.9 Å². The summed E-state index contributed by atoms with van der Waals surface area (Å²) < 4.78 is 5.76. The summed E-state index contributed by atoms with van der Waals surface area (Å²) >= 11 is 0. The molecule has 240 valence electrons. The van der Waals surface area contributed by atoms with Crippen molar-refractivity contribution in [3.8, 4) is 5.75 Å². The number of benzene rings is 3. The van der Waals surface area contributed by atoms with E-state index >= 15 is 0 Å². The molecule has 3 N–H and O–H groups in total. The molecule has 3 aromatic carbocycles. The highest BCUT2D eigenvalue weighted by Gasteiger charge is 2.15. The molecule has 0 atom stereocenters. The molecule has 0 saturated carbocycles. The maximum atomic E-state index is 12.8. The lowest BCUT2D eigenvalue weighted by atomic mass is 10.00. The fraction of sp³-hybridized carbons (Fsp3) is 0.324. The lowest BCUT2D eigenvalue weighted by molar-refractivity contribution is 0.0952. The van der Waals surface area contributed by atoms with E-state index in [9.17, 15) is 14.4 Å². The number of rotatable bonds is 13. The molecule has 0 radical (unpaired) electrons. The number of carbonyl (C=O) groups is 1. The van der Waals surface area contributed by atoms with Crippen LogP contribution in [0.3, 0.4) is 0 Å². The highest BCUT2D eigenvalue weighted by molar-refractivity contribution is 5.94. The lowest BCUT2D eigenvalue weighted by Gasteiger charge is -2.28. The van der Waals surface area contributed by atoms with E-state index in [4.69, 9.17) is 4.74 Å². The van der Waals surface area contributed by atoms with Crippen molar-refractivity contribution in [3.05, 3.63) is 132 Å². The molecule has 9 heteroatoms. The van der Waals surface area contributed by atoms with E-state index in [2.05, 4.69) is 49.4 Å². The predicted molar refractivity (Wildman–Crippen MR) is 183 cm³/mol. The van der Waals surface area contributed by atoms with Gasteiger partial charge in [0.1, 0.15) is 16.4 Å². The van der Waals surface area contributed by atoms with Crippen molar-refractivity contribution >= 4 is 18.1 Å². The van der Waals surface area contributed by atoms with Gasteiger partial charge in [-0.05, 0) is 105 Å². The summed E-state index contributed by atoms with van der Waals surface area (Å²) in [5.41, 5.74) is 4.06. The zero-order chi connectivity index (χ0) is 32.3. The van der Waals surface area contributed by atoms with Gasteiger partial charge in [-0.1, -0.05) is 48.5 Å². The largest absolute Gasteiger partial charge is 0.494 e. The van der Waals surface area contributed by atoms with Crippen LogP contribution in [0.15, 0.2) is 82.4 Å². The fourth-order valence-corrected chi connectivity index (χ4v) is 5.50. The number of carbonyl (C=O) groups excluding carboxylic acids is 1. The van der Waals surface area contributed by atoms with Crippen molar-refractivity contribution in [1.82, 2.24) is 25.1 Å². The van der Waals surface area contributed by atoms with Crippen molar-refractivity contribution in [2.75, 3.05) is 46.9 Å². The summed E-state index contributed by atoms with van der Waals surface area (Å²) in [5, 5.41) is 3.30. The van der Waals surface area contributed by atoms with E-state index < -0.39 is 11.1 Å². The number of ether oxygens (including phenoxy) is 1. The first-order valence-corrected chi connectivity index (χ1v) is 15.9. The maximum absolute atomic E-state index is 12.8. The van der Waals surface area contributed by atoms with Crippen LogP contribution in [-0.4, -0.2) is 72.6 Å². The van der Waals surface area contributed by atoms with Gasteiger partial charge >= 0.3 is 0 Å². The molecule has 46 heavy (non-hydrogen) atoms. The molecule has 0 spiro atoms. The second-order valence-electron chi connectivity index (χ2n) is 12.0. The number of aromatic amines is 2. The number of amides is 1. The van der Waals surface area contributed by atoms with Crippen LogP contribution in [0.4, 0.5) is 0 Å². The van der Waals surface area contributed by atoms with Crippen LogP contribution in [0.2, 0.25) is 0 Å². The van der Waals surface area contributed by atoms with Crippen LogP contribution in [0, 0.1) is 0 Å². The number of aromatic nitrogens is 2. The second kappa shape index (κ2) is 16.0. The van der Waals surface area contributed by atoms with E-state index in [0.29, 0.717) is 24.3 Å². The SMILES string of the molecule is CN(C)CCCOc1ccc(/C=c2\[nH]c(=O)/c(=C/c3ccc(C(=O)NCCCCN4CCc5ccccc5C4)cc3)[nH]c2=O)cc1. The van der Waals surface area contributed by atoms with E-state index in [0.717, 1.165) is 63.2 Å². The van der Waals surface area contributed by atoms with Gasteiger partial charge in [-0.2, -0.15) is 0 Å². The zero-order valence-electron chi connectivity index (χ0n) is 26.7. The Morgan fingerprint density at radius 1 is 0.848 bits per heavy atom. The number of unbranched alkanes of at least 4 members (excludes halogenated alkanes) is 1. The monoisotopic (exact) mass is 621 g/mol. The van der Waals surface area contributed by atoms with Gasteiger partial charge in [-0.3, -0.25) is 19.3 Å². The fourth-order valence-electron chi connectivity index (χ4n) is 5.50. The smallest absolute Gasteiger partial charge is 0.272 e. The normalized spacial score (nSPS) is 14.0. The van der Waals surface area contributed by atoms with Crippen LogP contribution in [0.5, 0.6) is 5.75 Å². The van der Waals surface area contributed by atoms with Crippen molar-refractivity contribution in [1.29, 1.82) is 0 Å². The first kappa shape index (κ1) is 32.7. The average molecular weight is 622 g/mol. The van der Waals surface area contributed by atoms with Crippen molar-refractivity contribution in [2.24, 2.45) is 0 Å². The van der Waals surface area contributed by atoms with Crippen LogP contribution in [0.25, 0.3) is 12.2 Å². The van der Waals surface area contributed by atoms with Gasteiger partial charge in [0, 0.05) is 31.7 Å². The molecule has 4 aromatic rings. The minimum absolute atomic E-state index is 0.131. The van der Waals surface area contributed by atoms with Gasteiger partial charge in [-0.15, -0.1) is 0 Å². The molecule has 0 aliphatic carbocycles. The third-order valence-corrected chi connectivity index (χ3v) is 8.08. The molecule has 0 saturated heterocycles. The molecule has 9 nitrogen and oxygen atoms in total. The molecule has 1 aliphatic heterocycles. The minimum Gasteiger partial charge on any atom is -0.494 e. The van der Waals surface area contributed by atoms with Crippen LogP contribution >= 0.6 is 0 Å². The molecule has 2 heterocycles. The van der Waals surface area contributed by atoms with Crippen LogP contribution in [0.1, 0.15) is 51.9 Å². The van der Waals surface area contributed by atoms with E-state index in [1.54, 1.807) is 36.4 Å². The molecule has 1 amide bonds. The highest BCUT2D eigenvalue weighted by Crippen LogP contribution is 2.18. The minimum atomic E-state index is -0.415. The summed E-state index contributed by atoms with van der Waals surface area (Å²) in [5.74, 6) is 0.621. The van der Waals surface area contributed by atoms with Gasteiger partial charge in [0.15, 0.2) is 0 Å². The highest BCUT2D eigenvalue weighted by atomic mass is 16.5. The van der Waals surface area contributed by atoms with Gasteiger partial charge in [0.05, 0.1) is 6.61 Å². The zero-order valence-corrected chi connectivity index (χ0v) is 26.7. The van der Waals surface area contributed by atoms with Crippen molar-refractivity contribution < 1.29 is 9.53 Å². The Hall–Kier alpha value is -4.73. The second-order valence-corrected chi connectivity index (χ2v) is 12.0. The Bertz CT molecular complexity index is 1840. The van der Waals surface area contributed by atoms with E-state index in [1.165, 1.54) is 11.1 Å². The summed E-state index contributed by atoms with van der Waals surface area (Å²) in [7, 11) is 4.05. The number of hydrogen-bond acceptors (Lipinski definition) is 6. The first-order chi connectivity index (χ1) is 22.3. The molecule has 0 fully saturated rings. The van der Waals surface area contributed by atoms with Gasteiger partial charge in [-0.25, -0.2) is 0 Å². The summed E-state index contributed by atoms with van der Waals surface area (Å²) in [4.78, 5) is 48.1. The third kappa shape index (κ3) is 9.39. The summed E-state index contributed by atoms with van der Waals surface area (Å²) in [6, 6.07) is 23.0. The van der Waals surface area contributed by atoms with Gasteiger partial charge in [0.2, 0.25) is 0 Å². The van der Waals surface area contributed by atoms with E-state index in [1.807, 2.05) is 38.4 Å². The average Bonchev–Trinajstić information content (AvgIpc) is 3.06. The number of nitrogens with zero attached hydrogens (tertiary/aromatic N) is 2. The maximum Gasteiger partial charge on any atom is 0.272 e. The van der Waals surface area contributed by atoms with Crippen molar-refractivity contribution in [3.63, 3.8) is 0 Å². The van der Waals surface area contributed by atoms with Crippen LogP contribution in [-0.2, 0) is 13.0 Å². The Balaban J connectivity index is 1.11. The molecule has 0 bridgehead atoms. The van der Waals surface area contributed by atoms with Gasteiger partial charge in [0.25, 0.3) is 17.0 Å². The lowest BCUT2D eigenvalue weighted by Crippen LogP contribution is -2.46. The number of fused-ring (bicyclic) bond motifs is 1. The molecule has 1 aromatic heterocycles. The van der Waals surface area contributed by atoms with Gasteiger partial charge < -0.3 is 24.9 Å². The molecule has 0 unspecified atom stereocenters. The summed E-state index contributed by atoms with van der Waals surface area (Å²) in [6.07, 6.45) is 7.18. The molecule has 5 rings (SSSR count). The third-order valence-electron chi connectivity index (χ3n) is 8.08. The number of H-pyrrole nitrogens is 2. The Morgan fingerprint density at radius 2 is 1.48 bits per heavy atom. The Labute approximate surface area is 269 Å². The number of nitrogens with one attached hydrogen (secondary N) is 3. The topological polar surface area (TPSA) is 111 Å². The summed E-state index contributed by atoms with van der Waals surface area (Å²) in [6.45, 7) is 5.29. The molecule has 1 aliphatic rings. The van der Waals surface area contributed by atoms with E-state index in [-0.39, 0.29) is 16.6 Å².